The molecular formula is C6H11Br. The molecule has 1 heteroatoms. The first-order valence-corrected chi connectivity index (χ1v) is 3.68. The van der Waals surface area contributed by atoms with Gasteiger partial charge >= 0.3 is 0 Å². The molecule has 0 saturated heterocycles. The summed E-state index contributed by atoms with van der Waals surface area (Å²) in [5.41, 5.74) is 0.597. The van der Waals surface area contributed by atoms with Gasteiger partial charge in [0.15, 0.2) is 0 Å². The molecule has 0 aromatic carbocycles. The predicted molar refractivity (Wildman–Crippen MR) is 35.7 cm³/mol. The second-order valence-corrected chi connectivity index (χ2v) is 4.10. The van der Waals surface area contributed by atoms with E-state index in [1.165, 1.54) is 12.8 Å². The van der Waals surface area contributed by atoms with Crippen molar-refractivity contribution in [3.05, 3.63) is 0 Å². The van der Waals surface area contributed by atoms with Gasteiger partial charge in [0, 0.05) is 4.83 Å². The normalized spacial score (nSPS) is 37.3. The highest BCUT2D eigenvalue weighted by atomic mass is 79.9. The first-order valence-electron chi connectivity index (χ1n) is 2.77. The Labute approximate surface area is 53.4 Å². The fraction of sp³-hybridized carbons (Fsp3) is 1.00. The summed E-state index contributed by atoms with van der Waals surface area (Å²) >= 11 is 3.58. The summed E-state index contributed by atoms with van der Waals surface area (Å²) < 4.78 is 0. The van der Waals surface area contributed by atoms with Crippen LogP contribution in [0.4, 0.5) is 0 Å². The number of alkyl halides is 1. The van der Waals surface area contributed by atoms with E-state index in [0.717, 1.165) is 4.83 Å². The minimum Gasteiger partial charge on any atom is -0.0885 e. The van der Waals surface area contributed by atoms with Crippen LogP contribution in [0.1, 0.15) is 26.7 Å². The van der Waals surface area contributed by atoms with Gasteiger partial charge in [-0.25, -0.2) is 0 Å². The molecule has 0 heterocycles. The monoisotopic (exact) mass is 162 g/mol. The number of hydrogen-bond acceptors (Lipinski definition) is 0. The predicted octanol–water partition coefficient (Wildman–Crippen LogP) is 2.57. The molecule has 0 bridgehead atoms. The van der Waals surface area contributed by atoms with Crippen molar-refractivity contribution >= 4 is 15.9 Å². The molecule has 0 aromatic rings. The molecule has 0 radical (unpaired) electrons. The van der Waals surface area contributed by atoms with Gasteiger partial charge in [0.2, 0.25) is 0 Å². The van der Waals surface area contributed by atoms with E-state index in [2.05, 4.69) is 29.8 Å². The summed E-state index contributed by atoms with van der Waals surface area (Å²) in [5, 5.41) is 0. The maximum absolute atomic E-state index is 3.58. The largest absolute Gasteiger partial charge is 0.0885 e. The summed E-state index contributed by atoms with van der Waals surface area (Å²) in [6, 6.07) is 0. The summed E-state index contributed by atoms with van der Waals surface area (Å²) in [5.74, 6) is 0. The average Bonchev–Trinajstić information content (AvgIpc) is 1.63. The molecule has 1 aliphatic rings. The quantitative estimate of drug-likeness (QED) is 0.481. The molecule has 1 fully saturated rings. The van der Waals surface area contributed by atoms with E-state index >= 15 is 0 Å². The van der Waals surface area contributed by atoms with Crippen LogP contribution in [0.15, 0.2) is 0 Å². The Morgan fingerprint density at radius 1 is 1.57 bits per heavy atom. The Morgan fingerprint density at radius 2 is 2.00 bits per heavy atom. The average molecular weight is 163 g/mol. The molecule has 7 heavy (non-hydrogen) atoms. The van der Waals surface area contributed by atoms with Gasteiger partial charge in [-0.2, -0.15) is 0 Å². The second kappa shape index (κ2) is 1.48. The van der Waals surface area contributed by atoms with E-state index < -0.39 is 0 Å². The standard InChI is InChI=1S/C6H11Br/c1-6(2)4-3-5(6)7/h5H,3-4H2,1-2H3. The van der Waals surface area contributed by atoms with Gasteiger partial charge < -0.3 is 0 Å². The van der Waals surface area contributed by atoms with E-state index in [0.29, 0.717) is 5.41 Å². The third kappa shape index (κ3) is 0.835. The minimum atomic E-state index is 0.597. The van der Waals surface area contributed by atoms with Crippen LogP contribution in [0, 0.1) is 5.41 Å². The SMILES string of the molecule is CC1(C)CCC1Br. The first-order chi connectivity index (χ1) is 3.13. The summed E-state index contributed by atoms with van der Waals surface area (Å²) in [6.45, 7) is 4.60. The van der Waals surface area contributed by atoms with Crippen molar-refractivity contribution in [3.63, 3.8) is 0 Å². The zero-order chi connectivity index (χ0) is 5.49. The molecule has 0 N–H and O–H groups in total. The van der Waals surface area contributed by atoms with Gasteiger partial charge in [0.05, 0.1) is 0 Å². The van der Waals surface area contributed by atoms with Crippen molar-refractivity contribution < 1.29 is 0 Å². The van der Waals surface area contributed by atoms with Crippen molar-refractivity contribution in [2.45, 2.75) is 31.5 Å². The van der Waals surface area contributed by atoms with Crippen LogP contribution in [0.3, 0.4) is 0 Å². The Hall–Kier alpha value is 0.480. The Kier molecular flexibility index (Phi) is 1.18. The first kappa shape index (κ1) is 5.61. The molecule has 0 amide bonds. The van der Waals surface area contributed by atoms with Gasteiger partial charge in [-0.05, 0) is 18.3 Å². The maximum Gasteiger partial charge on any atom is 0.0197 e. The van der Waals surface area contributed by atoms with Crippen LogP contribution < -0.4 is 0 Å². The van der Waals surface area contributed by atoms with Crippen molar-refractivity contribution in [1.82, 2.24) is 0 Å². The van der Waals surface area contributed by atoms with Crippen LogP contribution in [0.5, 0.6) is 0 Å². The van der Waals surface area contributed by atoms with Crippen LogP contribution >= 0.6 is 15.9 Å². The van der Waals surface area contributed by atoms with Gasteiger partial charge in [0.25, 0.3) is 0 Å². The fourth-order valence-corrected chi connectivity index (χ4v) is 1.29. The van der Waals surface area contributed by atoms with Gasteiger partial charge in [-0.1, -0.05) is 29.8 Å². The van der Waals surface area contributed by atoms with E-state index in [-0.39, 0.29) is 0 Å². The Morgan fingerprint density at radius 3 is 2.00 bits per heavy atom. The number of rotatable bonds is 0. The van der Waals surface area contributed by atoms with E-state index in [4.69, 9.17) is 0 Å². The lowest BCUT2D eigenvalue weighted by Crippen LogP contribution is -2.34. The lowest BCUT2D eigenvalue weighted by atomic mass is 9.72. The zero-order valence-electron chi connectivity index (χ0n) is 4.87. The van der Waals surface area contributed by atoms with Crippen LogP contribution in [-0.4, -0.2) is 4.83 Å². The molecule has 0 nitrogen and oxygen atoms in total. The van der Waals surface area contributed by atoms with E-state index in [9.17, 15) is 0 Å². The molecule has 0 aliphatic heterocycles. The highest BCUT2D eigenvalue weighted by molar-refractivity contribution is 9.09. The highest BCUT2D eigenvalue weighted by Crippen LogP contribution is 2.44. The van der Waals surface area contributed by atoms with Gasteiger partial charge in [-0.15, -0.1) is 0 Å². The molecular weight excluding hydrogens is 152 g/mol. The smallest absolute Gasteiger partial charge is 0.0197 e. The summed E-state index contributed by atoms with van der Waals surface area (Å²) in [6.07, 6.45) is 2.76. The molecule has 1 atom stereocenters. The van der Waals surface area contributed by atoms with Crippen LogP contribution in [0.25, 0.3) is 0 Å². The third-order valence-corrected chi connectivity index (χ3v) is 3.59. The highest BCUT2D eigenvalue weighted by Gasteiger charge is 2.35. The Bertz CT molecular complexity index is 76.2. The number of hydrogen-bond donors (Lipinski definition) is 0. The molecule has 42 valence electrons. The lowest BCUT2D eigenvalue weighted by molar-refractivity contribution is 0.210. The lowest BCUT2D eigenvalue weighted by Gasteiger charge is -2.40. The fourth-order valence-electron chi connectivity index (χ4n) is 0.831. The molecule has 1 unspecified atom stereocenters. The van der Waals surface area contributed by atoms with Crippen molar-refractivity contribution in [2.24, 2.45) is 5.41 Å². The number of halogens is 1. The van der Waals surface area contributed by atoms with Crippen LogP contribution in [0.2, 0.25) is 0 Å². The van der Waals surface area contributed by atoms with Crippen molar-refractivity contribution in [2.75, 3.05) is 0 Å². The van der Waals surface area contributed by atoms with E-state index in [1.54, 1.807) is 0 Å². The molecule has 0 aromatic heterocycles. The minimum absolute atomic E-state index is 0.597. The molecule has 1 aliphatic carbocycles. The topological polar surface area (TPSA) is 0 Å². The zero-order valence-corrected chi connectivity index (χ0v) is 6.46. The molecule has 1 rings (SSSR count). The van der Waals surface area contributed by atoms with Crippen molar-refractivity contribution in [3.8, 4) is 0 Å². The summed E-state index contributed by atoms with van der Waals surface area (Å²) in [4.78, 5) is 0.792. The summed E-state index contributed by atoms with van der Waals surface area (Å²) in [7, 11) is 0. The Balaban J connectivity index is 2.43. The van der Waals surface area contributed by atoms with Crippen molar-refractivity contribution in [1.29, 1.82) is 0 Å². The van der Waals surface area contributed by atoms with Gasteiger partial charge in [0.1, 0.15) is 0 Å². The third-order valence-electron chi connectivity index (χ3n) is 1.89. The van der Waals surface area contributed by atoms with Gasteiger partial charge in [-0.3, -0.25) is 0 Å². The second-order valence-electron chi connectivity index (χ2n) is 2.99. The molecule has 1 saturated carbocycles. The van der Waals surface area contributed by atoms with E-state index in [1.807, 2.05) is 0 Å². The molecule has 0 spiro atoms. The van der Waals surface area contributed by atoms with Crippen LogP contribution in [-0.2, 0) is 0 Å². The maximum atomic E-state index is 3.58.